The van der Waals surface area contributed by atoms with Crippen LogP contribution in [0.4, 0.5) is 5.95 Å². The highest BCUT2D eigenvalue weighted by Crippen LogP contribution is 2.26. The van der Waals surface area contributed by atoms with Gasteiger partial charge in [-0.1, -0.05) is 0 Å². The fourth-order valence-corrected chi connectivity index (χ4v) is 2.58. The zero-order valence-electron chi connectivity index (χ0n) is 11.8. The summed E-state index contributed by atoms with van der Waals surface area (Å²) in [5.41, 5.74) is 8.37. The minimum Gasteiger partial charge on any atom is -0.469 e. The monoisotopic (exact) mass is 280 g/mol. The first-order valence-electron chi connectivity index (χ1n) is 6.89. The fraction of sp³-hybridized carbons (Fsp3) is 0.250. The van der Waals surface area contributed by atoms with E-state index in [1.807, 2.05) is 28.8 Å². The third-order valence-corrected chi connectivity index (χ3v) is 3.68. The molecule has 0 saturated heterocycles. The zero-order valence-corrected chi connectivity index (χ0v) is 11.8. The predicted octanol–water partition coefficient (Wildman–Crippen LogP) is 3.28. The first-order chi connectivity index (χ1) is 10.2. The van der Waals surface area contributed by atoms with E-state index >= 15 is 0 Å². The van der Waals surface area contributed by atoms with Crippen molar-refractivity contribution in [2.24, 2.45) is 0 Å². The maximum Gasteiger partial charge on any atom is 0.201 e. The Morgan fingerprint density at radius 1 is 1.43 bits per heavy atom. The normalized spacial score (nSPS) is 12.4. The molecule has 5 heteroatoms. The molecule has 3 rings (SSSR count). The molecule has 0 spiro atoms. The van der Waals surface area contributed by atoms with E-state index in [0.717, 1.165) is 29.6 Å². The Bertz CT molecular complexity index is 796. The summed E-state index contributed by atoms with van der Waals surface area (Å²) in [6.45, 7) is 2.10. The van der Waals surface area contributed by atoms with E-state index in [1.54, 1.807) is 12.3 Å². The van der Waals surface area contributed by atoms with Gasteiger partial charge in [0.05, 0.1) is 28.9 Å². The molecule has 1 unspecified atom stereocenters. The molecule has 0 fully saturated rings. The summed E-state index contributed by atoms with van der Waals surface area (Å²) in [5, 5.41) is 9.04. The van der Waals surface area contributed by atoms with Crippen LogP contribution in [0.3, 0.4) is 0 Å². The highest BCUT2D eigenvalue weighted by atomic mass is 16.3. The number of nitrogens with two attached hydrogens (primary N) is 1. The lowest BCUT2D eigenvalue weighted by Gasteiger charge is -2.15. The molecule has 2 heterocycles. The van der Waals surface area contributed by atoms with Crippen LogP contribution in [-0.2, 0) is 6.42 Å². The van der Waals surface area contributed by atoms with E-state index in [0.29, 0.717) is 11.5 Å². The molecule has 0 aliphatic rings. The van der Waals surface area contributed by atoms with Crippen molar-refractivity contribution in [2.75, 3.05) is 5.73 Å². The Balaban J connectivity index is 1.91. The Hall–Kier alpha value is -2.74. The number of rotatable bonds is 4. The van der Waals surface area contributed by atoms with E-state index in [9.17, 15) is 0 Å². The number of benzene rings is 1. The summed E-state index contributed by atoms with van der Waals surface area (Å²) in [6, 6.07) is 11.6. The number of nitrogen functional groups attached to an aromatic ring is 1. The average Bonchev–Trinajstić information content (AvgIpc) is 3.10. The van der Waals surface area contributed by atoms with Crippen molar-refractivity contribution in [3.63, 3.8) is 0 Å². The third kappa shape index (κ3) is 2.48. The summed E-state index contributed by atoms with van der Waals surface area (Å²) in [4.78, 5) is 4.36. The van der Waals surface area contributed by atoms with Gasteiger partial charge in [-0.05, 0) is 43.7 Å². The number of anilines is 1. The molecule has 5 nitrogen and oxygen atoms in total. The molecule has 1 aromatic carbocycles. The number of imidazole rings is 1. The number of hydrogen-bond donors (Lipinski definition) is 1. The minimum absolute atomic E-state index is 0.175. The van der Waals surface area contributed by atoms with E-state index < -0.39 is 0 Å². The van der Waals surface area contributed by atoms with Crippen LogP contribution in [0.15, 0.2) is 41.0 Å². The van der Waals surface area contributed by atoms with Crippen molar-refractivity contribution in [1.82, 2.24) is 9.55 Å². The lowest BCUT2D eigenvalue weighted by molar-refractivity contribution is 0.460. The molecule has 21 heavy (non-hydrogen) atoms. The number of fused-ring (bicyclic) bond motifs is 1. The molecule has 3 aromatic rings. The lowest BCUT2D eigenvalue weighted by atomic mass is 10.1. The predicted molar refractivity (Wildman–Crippen MR) is 80.6 cm³/mol. The molecule has 0 saturated carbocycles. The summed E-state index contributed by atoms with van der Waals surface area (Å²) >= 11 is 0. The summed E-state index contributed by atoms with van der Waals surface area (Å²) in [7, 11) is 0. The van der Waals surface area contributed by atoms with Gasteiger partial charge in [-0.15, -0.1) is 0 Å². The van der Waals surface area contributed by atoms with Gasteiger partial charge >= 0.3 is 0 Å². The first kappa shape index (κ1) is 13.3. The van der Waals surface area contributed by atoms with Crippen LogP contribution in [0.2, 0.25) is 0 Å². The highest BCUT2D eigenvalue weighted by Gasteiger charge is 2.15. The Labute approximate surface area is 122 Å². The van der Waals surface area contributed by atoms with Crippen LogP contribution in [-0.4, -0.2) is 9.55 Å². The number of aryl methyl sites for hydroxylation is 1. The average molecular weight is 280 g/mol. The SMILES string of the molecule is CC(CCc1ccco1)n1c(N)nc2ccc(C#N)cc21. The molecule has 0 aliphatic carbocycles. The van der Waals surface area contributed by atoms with Crippen LogP contribution in [0.1, 0.15) is 30.7 Å². The van der Waals surface area contributed by atoms with Gasteiger partial charge in [0, 0.05) is 12.5 Å². The van der Waals surface area contributed by atoms with Crippen molar-refractivity contribution in [3.05, 3.63) is 47.9 Å². The molecular weight excluding hydrogens is 264 g/mol. The number of aromatic nitrogens is 2. The van der Waals surface area contributed by atoms with E-state index in [1.165, 1.54) is 0 Å². The van der Waals surface area contributed by atoms with Crippen molar-refractivity contribution >= 4 is 17.0 Å². The summed E-state index contributed by atoms with van der Waals surface area (Å²) in [5.74, 6) is 1.44. The second-order valence-corrected chi connectivity index (χ2v) is 5.12. The lowest BCUT2D eigenvalue weighted by Crippen LogP contribution is -2.09. The number of furan rings is 1. The van der Waals surface area contributed by atoms with Gasteiger partial charge in [0.15, 0.2) is 0 Å². The van der Waals surface area contributed by atoms with Crippen molar-refractivity contribution < 1.29 is 4.42 Å². The fourth-order valence-electron chi connectivity index (χ4n) is 2.58. The largest absolute Gasteiger partial charge is 0.469 e. The molecule has 2 N–H and O–H groups in total. The Kier molecular flexibility index (Phi) is 3.36. The molecule has 0 radical (unpaired) electrons. The number of nitriles is 1. The molecule has 2 aromatic heterocycles. The van der Waals surface area contributed by atoms with Crippen LogP contribution in [0.25, 0.3) is 11.0 Å². The van der Waals surface area contributed by atoms with Crippen LogP contribution < -0.4 is 5.73 Å². The van der Waals surface area contributed by atoms with Crippen molar-refractivity contribution in [2.45, 2.75) is 25.8 Å². The van der Waals surface area contributed by atoms with Crippen LogP contribution in [0, 0.1) is 11.3 Å². The maximum absolute atomic E-state index is 9.04. The highest BCUT2D eigenvalue weighted by molar-refractivity contribution is 5.80. The second kappa shape index (κ2) is 5.33. The zero-order chi connectivity index (χ0) is 14.8. The van der Waals surface area contributed by atoms with Gasteiger partial charge < -0.3 is 14.7 Å². The van der Waals surface area contributed by atoms with Crippen LogP contribution in [0.5, 0.6) is 0 Å². The van der Waals surface area contributed by atoms with Gasteiger partial charge in [-0.3, -0.25) is 0 Å². The molecular formula is C16H16N4O. The van der Waals surface area contributed by atoms with E-state index in [-0.39, 0.29) is 6.04 Å². The molecule has 106 valence electrons. The van der Waals surface area contributed by atoms with Crippen molar-refractivity contribution in [1.29, 1.82) is 5.26 Å². The van der Waals surface area contributed by atoms with Gasteiger partial charge in [0.2, 0.25) is 5.95 Å². The van der Waals surface area contributed by atoms with Gasteiger partial charge in [0.1, 0.15) is 5.76 Å². The van der Waals surface area contributed by atoms with E-state index in [2.05, 4.69) is 18.0 Å². The standard InChI is InChI=1S/C16H16N4O/c1-11(4-6-13-3-2-8-21-13)20-15-9-12(10-17)5-7-14(15)19-16(20)18/h2-3,5,7-9,11H,4,6H2,1H3,(H2,18,19). The Morgan fingerprint density at radius 2 is 2.29 bits per heavy atom. The summed E-state index contributed by atoms with van der Waals surface area (Å²) in [6.07, 6.45) is 3.41. The molecule has 1 atom stereocenters. The molecule has 0 aliphatic heterocycles. The Morgan fingerprint density at radius 3 is 3.00 bits per heavy atom. The molecule has 0 amide bonds. The smallest absolute Gasteiger partial charge is 0.201 e. The molecule has 0 bridgehead atoms. The van der Waals surface area contributed by atoms with Gasteiger partial charge in [0.25, 0.3) is 0 Å². The summed E-state index contributed by atoms with van der Waals surface area (Å²) < 4.78 is 7.34. The van der Waals surface area contributed by atoms with Gasteiger partial charge in [-0.25, -0.2) is 4.98 Å². The minimum atomic E-state index is 0.175. The number of hydrogen-bond acceptors (Lipinski definition) is 4. The first-order valence-corrected chi connectivity index (χ1v) is 6.89. The van der Waals surface area contributed by atoms with E-state index in [4.69, 9.17) is 15.4 Å². The van der Waals surface area contributed by atoms with Gasteiger partial charge in [-0.2, -0.15) is 5.26 Å². The maximum atomic E-state index is 9.04. The topological polar surface area (TPSA) is 80.8 Å². The third-order valence-electron chi connectivity index (χ3n) is 3.68. The quantitative estimate of drug-likeness (QED) is 0.795. The van der Waals surface area contributed by atoms with Crippen LogP contribution >= 0.6 is 0 Å². The van der Waals surface area contributed by atoms with Crippen molar-refractivity contribution in [3.8, 4) is 6.07 Å². The second-order valence-electron chi connectivity index (χ2n) is 5.12. The number of nitrogens with zero attached hydrogens (tertiary/aromatic N) is 3.